The zero-order valence-electron chi connectivity index (χ0n) is 76.9. The van der Waals surface area contributed by atoms with Gasteiger partial charge in [0.25, 0.3) is 0 Å². The molecule has 0 radical (unpaired) electrons. The van der Waals surface area contributed by atoms with Gasteiger partial charge in [-0.25, -0.2) is 4.98 Å². The summed E-state index contributed by atoms with van der Waals surface area (Å²) in [6.45, 7) is 6.85. The molecular formula is C88H132N24O22S2. The number of unbranched alkanes of at least 4 members (excludes halogenated alkanes) is 2. The maximum atomic E-state index is 15.0. The van der Waals surface area contributed by atoms with Gasteiger partial charge >= 0.3 is 5.97 Å². The third kappa shape index (κ3) is 39.4. The number of thiol groups is 1. The Morgan fingerprint density at radius 1 is 0.485 bits per heavy atom. The number of nitrogens with one attached hydrogen (secondary N) is 17. The van der Waals surface area contributed by atoms with E-state index in [-0.39, 0.29) is 100 Å². The zero-order valence-corrected chi connectivity index (χ0v) is 78.6. The van der Waals surface area contributed by atoms with E-state index in [1.54, 1.807) is 50.4 Å². The number of carboxylic acid groups (broad SMARTS) is 1. The standard InChI is InChI=1S/C88H132N24O22S2/c1-47(2)71(110-78(125)56(98-49(5)114)18-10-12-33-89)85(132)102-57(19-11-13-34-90)74(121)103-61(38-50-16-8-7-9-17-50)79(126)101-60(32-37-136-6)77(124)105-64(42-70(118)119)82(129)111-72(48(3)4)86(133)106-63(40-52-24-28-55(116)29-25-52)80(127)100-59(30-31-69(91)117)76(123)99-58(20-14-35-96-88(93)94)75(122)108-66(44-113)83(130)104-62(39-51-22-26-54(115)27-23-51)81(128)109-67(45-135)84(131)107-65(41-53-43-95-46-97-53)87(134)112-36-15-21-68(112)73(92)120/h7-9,16-17,22-29,43,46-48,56-68,71-72,113,115-116,135H,10-15,18-21,30-42,44-45,89-90H2,1-6H3,(H2,91,117)(H2,92,120)(H,95,97)(H,98,114)(H,99,123)(H,100,127)(H,101,126)(H,102,132)(H,103,121)(H,104,130)(H,105,124)(H,106,133)(H,107,131)(H,108,122)(H,109,128)(H,110,125)(H,111,129)(H,118,119)(H4,93,94,96)/t56-,57-,58-,59-,60-,61-,62-,63-,64-,65-,66-,67-,68-,71-,72-/m0/s1. The van der Waals surface area contributed by atoms with E-state index in [1.165, 1.54) is 98.5 Å². The smallest absolute Gasteiger partial charge is 0.305 e. The molecule has 5 rings (SSSR count). The number of aromatic nitrogens is 2. The Labute approximate surface area is 796 Å². The number of hydrogen-bond acceptors (Lipinski definition) is 27. The van der Waals surface area contributed by atoms with E-state index in [4.69, 9.17) is 34.1 Å². The first-order valence-electron chi connectivity index (χ1n) is 44.7. The molecular weight excluding hydrogens is 1810 g/mol. The van der Waals surface area contributed by atoms with Crippen molar-refractivity contribution in [2.45, 2.75) is 241 Å². The lowest BCUT2D eigenvalue weighted by molar-refractivity contribution is -0.142. The van der Waals surface area contributed by atoms with Gasteiger partial charge in [0.15, 0.2) is 5.96 Å². The van der Waals surface area contributed by atoms with Gasteiger partial charge < -0.3 is 139 Å². The van der Waals surface area contributed by atoms with Crippen LogP contribution in [0.4, 0.5) is 0 Å². The van der Waals surface area contributed by atoms with Crippen LogP contribution in [0.5, 0.6) is 11.5 Å². The number of imidazole rings is 1. The van der Waals surface area contributed by atoms with Gasteiger partial charge in [0, 0.05) is 64.1 Å². The predicted molar refractivity (Wildman–Crippen MR) is 502 cm³/mol. The Bertz CT molecular complexity index is 4680. The van der Waals surface area contributed by atoms with Crippen LogP contribution in [0.3, 0.4) is 0 Å². The summed E-state index contributed by atoms with van der Waals surface area (Å²) < 4.78 is 0. The van der Waals surface area contributed by atoms with E-state index < -0.39 is 253 Å². The fourth-order valence-electron chi connectivity index (χ4n) is 14.5. The third-order valence-electron chi connectivity index (χ3n) is 21.9. The number of phenols is 2. The second kappa shape index (κ2) is 58.8. The average molecular weight is 1940 g/mol. The lowest BCUT2D eigenvalue weighted by Crippen LogP contribution is -2.62. The summed E-state index contributed by atoms with van der Waals surface area (Å²) in [4.78, 5) is 261. The topological polar surface area (TPSA) is 754 Å². The number of hydrogen-bond donors (Lipinski definition) is 27. The van der Waals surface area contributed by atoms with Gasteiger partial charge in [-0.05, 0) is 155 Å². The minimum absolute atomic E-state index is 0.00734. The number of carboxylic acids is 1. The van der Waals surface area contributed by atoms with Crippen molar-refractivity contribution in [3.8, 4) is 11.5 Å². The van der Waals surface area contributed by atoms with Gasteiger partial charge in [0.2, 0.25) is 100 Å². The lowest BCUT2D eigenvalue weighted by Gasteiger charge is -2.29. The number of aliphatic carboxylic acids is 1. The molecule has 31 N–H and O–H groups in total. The summed E-state index contributed by atoms with van der Waals surface area (Å²) >= 11 is 5.55. The van der Waals surface area contributed by atoms with Crippen LogP contribution in [0.15, 0.2) is 91.4 Å². The number of benzene rings is 3. The van der Waals surface area contributed by atoms with Crippen molar-refractivity contribution < 1.29 is 107 Å². The summed E-state index contributed by atoms with van der Waals surface area (Å²) in [5.41, 5.74) is 29.7. The molecule has 0 unspecified atom stereocenters. The van der Waals surface area contributed by atoms with Crippen LogP contribution in [0.1, 0.15) is 147 Å². The molecule has 15 atom stereocenters. The molecule has 136 heavy (non-hydrogen) atoms. The van der Waals surface area contributed by atoms with Crippen LogP contribution < -0.4 is 108 Å². The van der Waals surface area contributed by atoms with Gasteiger partial charge in [0.1, 0.15) is 102 Å². The highest BCUT2D eigenvalue weighted by molar-refractivity contribution is 7.98. The lowest BCUT2D eigenvalue weighted by atomic mass is 9.99. The van der Waals surface area contributed by atoms with E-state index in [0.29, 0.717) is 55.5 Å². The summed E-state index contributed by atoms with van der Waals surface area (Å²) in [7, 11) is 0. The van der Waals surface area contributed by atoms with Crippen molar-refractivity contribution in [2.75, 3.05) is 50.5 Å². The van der Waals surface area contributed by atoms with Crippen molar-refractivity contribution in [3.63, 3.8) is 0 Å². The molecule has 1 saturated heterocycles. The highest BCUT2D eigenvalue weighted by Crippen LogP contribution is 2.22. The first-order chi connectivity index (χ1) is 64.6. The highest BCUT2D eigenvalue weighted by Gasteiger charge is 2.42. The van der Waals surface area contributed by atoms with Crippen LogP contribution in [-0.4, -0.2) is 289 Å². The number of thioether (sulfide) groups is 1. The van der Waals surface area contributed by atoms with Gasteiger partial charge in [-0.1, -0.05) is 82.3 Å². The second-order valence-corrected chi connectivity index (χ2v) is 34.8. The van der Waals surface area contributed by atoms with E-state index >= 15 is 4.79 Å². The van der Waals surface area contributed by atoms with Crippen LogP contribution in [0, 0.1) is 17.2 Å². The monoisotopic (exact) mass is 1940 g/mol. The Kier molecular flexibility index (Phi) is 49.0. The maximum Gasteiger partial charge on any atom is 0.305 e. The van der Waals surface area contributed by atoms with Crippen LogP contribution in [0.2, 0.25) is 0 Å². The number of primary amides is 2. The quantitative estimate of drug-likeness (QED) is 0.00849. The number of aromatic amines is 1. The maximum absolute atomic E-state index is 15.0. The highest BCUT2D eigenvalue weighted by atomic mass is 32.2. The second-order valence-electron chi connectivity index (χ2n) is 33.5. The number of H-pyrrole nitrogens is 1. The molecule has 1 fully saturated rings. The first kappa shape index (κ1) is 113. The molecule has 1 aliphatic rings. The third-order valence-corrected chi connectivity index (χ3v) is 22.9. The molecule has 4 aromatic rings. The number of nitrogens with zero attached hydrogens (tertiary/aromatic N) is 2. The molecule has 0 bridgehead atoms. The van der Waals surface area contributed by atoms with Gasteiger partial charge in [0.05, 0.1) is 25.0 Å². The number of carbonyl (C=O) groups is 18. The van der Waals surface area contributed by atoms with Crippen molar-refractivity contribution in [1.82, 2.24) is 94.6 Å². The number of nitrogens with two attached hydrogens (primary N) is 5. The number of amides is 17. The minimum atomic E-state index is -2.02. The van der Waals surface area contributed by atoms with Crippen LogP contribution in [-0.2, 0) is 112 Å². The normalized spacial score (nSPS) is 15.4. The Balaban J connectivity index is 1.41. The minimum Gasteiger partial charge on any atom is -0.508 e. The number of aromatic hydroxyl groups is 2. The van der Waals surface area contributed by atoms with E-state index in [0.717, 1.165) is 0 Å². The number of aliphatic hydroxyl groups excluding tert-OH is 1. The van der Waals surface area contributed by atoms with Gasteiger partial charge in [-0.15, -0.1) is 0 Å². The molecule has 0 spiro atoms. The largest absolute Gasteiger partial charge is 0.508 e. The van der Waals surface area contributed by atoms with Gasteiger partial charge in [-0.3, -0.25) is 91.7 Å². The zero-order chi connectivity index (χ0) is 101. The summed E-state index contributed by atoms with van der Waals surface area (Å²) in [6, 6.07) is -4.36. The Morgan fingerprint density at radius 3 is 1.30 bits per heavy atom. The number of likely N-dealkylation sites (tertiary alicyclic amines) is 1. The SMILES string of the molecule is CSCC[C@H](NC(=O)[C@H](Cc1ccccc1)NC(=O)[C@H](CCCCN)NC(=O)[C@@H](NC(=O)[C@H](CCCCN)NC(C)=O)C(C)C)C(=O)N[C@@H](CC(=O)O)C(=O)N[C@H](C(=O)N[C@@H](Cc1ccc(O)cc1)C(=O)N[C@@H](CCC(N)=O)C(=O)N[C@@H](CCCNC(=N)N)C(=O)N[C@@H](CO)C(=O)N[C@@H](Cc1ccc(O)cc1)C(=O)N[C@@H](CS)C(=O)N[C@@H](Cc1c[nH]cn1)C(=O)N1CCC[C@H]1C(N)=O)C(C)C. The van der Waals surface area contributed by atoms with Crippen molar-refractivity contribution in [2.24, 2.45) is 40.5 Å². The number of rotatable bonds is 61. The van der Waals surface area contributed by atoms with Crippen molar-refractivity contribution >= 4 is 137 Å². The molecule has 48 heteroatoms. The number of phenolic OH excluding ortho intramolecular Hbond substituents is 2. The molecule has 1 aromatic heterocycles. The summed E-state index contributed by atoms with van der Waals surface area (Å²) in [5, 5.41) is 87.5. The summed E-state index contributed by atoms with van der Waals surface area (Å²) in [5.74, 6) is -20.7. The van der Waals surface area contributed by atoms with Crippen LogP contribution >= 0.6 is 24.4 Å². The van der Waals surface area contributed by atoms with E-state index in [2.05, 4.69) is 102 Å². The molecule has 0 saturated carbocycles. The molecule has 46 nitrogen and oxygen atoms in total. The van der Waals surface area contributed by atoms with Crippen molar-refractivity contribution in [3.05, 3.63) is 114 Å². The predicted octanol–water partition coefficient (Wildman–Crippen LogP) is -5.38. The molecule has 1 aliphatic heterocycles. The molecule has 0 aliphatic carbocycles. The van der Waals surface area contributed by atoms with Crippen molar-refractivity contribution in [1.29, 1.82) is 5.41 Å². The fraction of sp³-hybridized carbons (Fsp3) is 0.545. The fourth-order valence-corrected chi connectivity index (χ4v) is 15.2. The van der Waals surface area contributed by atoms with E-state index in [1.807, 2.05) is 0 Å². The number of carbonyl (C=O) groups excluding carboxylic acids is 17. The summed E-state index contributed by atoms with van der Waals surface area (Å²) in [6.07, 6.45) is 2.95. The van der Waals surface area contributed by atoms with E-state index in [9.17, 15) is 102 Å². The number of guanidine groups is 1. The Morgan fingerprint density at radius 2 is 0.875 bits per heavy atom. The number of aliphatic hydroxyl groups is 1. The molecule has 748 valence electrons. The van der Waals surface area contributed by atoms with Gasteiger partial charge in [-0.2, -0.15) is 24.4 Å². The average Bonchev–Trinajstić information content (AvgIpc) is 1.63. The molecule has 3 aromatic carbocycles. The first-order valence-corrected chi connectivity index (χ1v) is 46.7. The molecule has 2 heterocycles. The van der Waals surface area contributed by atoms with Crippen LogP contribution in [0.25, 0.3) is 0 Å². The Hall–Kier alpha value is -13.2. The molecule has 17 amide bonds.